The minimum Gasteiger partial charge on any atom is -0.376 e. The van der Waals surface area contributed by atoms with Crippen molar-refractivity contribution in [1.82, 2.24) is 9.21 Å². The average molecular weight is 554 g/mol. The van der Waals surface area contributed by atoms with Gasteiger partial charge in [-0.15, -0.1) is 11.3 Å². The van der Waals surface area contributed by atoms with Gasteiger partial charge in [-0.05, 0) is 36.1 Å². The number of likely N-dealkylation sites (tertiary alicyclic amines) is 1. The lowest BCUT2D eigenvalue weighted by Gasteiger charge is -2.45. The molecule has 6 nitrogen and oxygen atoms in total. The predicted octanol–water partition coefficient (Wildman–Crippen LogP) is 4.13. The van der Waals surface area contributed by atoms with Gasteiger partial charge in [-0.2, -0.15) is 17.5 Å². The Labute approximate surface area is 211 Å². The van der Waals surface area contributed by atoms with E-state index in [4.69, 9.17) is 0 Å². The van der Waals surface area contributed by atoms with Gasteiger partial charge in [0.1, 0.15) is 4.21 Å². The molecule has 0 amide bonds. The van der Waals surface area contributed by atoms with Crippen LogP contribution in [0.1, 0.15) is 25.3 Å². The first kappa shape index (κ1) is 27.2. The number of halogens is 5. The van der Waals surface area contributed by atoms with Crippen LogP contribution in [-0.2, 0) is 15.6 Å². The van der Waals surface area contributed by atoms with Crippen LogP contribution in [0.15, 0.2) is 46.0 Å². The Morgan fingerprint density at radius 2 is 1.69 bits per heavy atom. The topological polar surface area (TPSA) is 64.1 Å². The van der Waals surface area contributed by atoms with E-state index in [0.717, 1.165) is 11.3 Å². The molecule has 2 atom stereocenters. The molecule has 4 rings (SSSR count). The fourth-order valence-electron chi connectivity index (χ4n) is 4.58. The normalized spacial score (nSPS) is 24.0. The number of piperazine rings is 1. The summed E-state index contributed by atoms with van der Waals surface area (Å²) in [6.45, 7) is 1.89. The summed E-state index contributed by atoms with van der Waals surface area (Å²) in [5.74, 6) is -2.72. The maximum absolute atomic E-state index is 13.7. The molecule has 2 aromatic rings. The first-order chi connectivity index (χ1) is 16.7. The van der Waals surface area contributed by atoms with Crippen LogP contribution in [0.4, 0.5) is 27.6 Å². The minimum absolute atomic E-state index is 0.106. The molecule has 0 spiro atoms. The van der Waals surface area contributed by atoms with Crippen molar-refractivity contribution in [1.29, 1.82) is 0 Å². The number of aliphatic hydroxyl groups is 1. The number of anilines is 1. The van der Waals surface area contributed by atoms with Gasteiger partial charge < -0.3 is 14.9 Å². The molecule has 1 aromatic carbocycles. The van der Waals surface area contributed by atoms with Crippen molar-refractivity contribution in [3.05, 3.63) is 47.3 Å². The van der Waals surface area contributed by atoms with Gasteiger partial charge in [-0.25, -0.2) is 17.2 Å². The molecule has 2 saturated heterocycles. The number of sulfonamides is 1. The number of benzene rings is 1. The lowest BCUT2D eigenvalue weighted by Crippen LogP contribution is -2.59. The quantitative estimate of drug-likeness (QED) is 0.546. The second-order valence-corrected chi connectivity index (χ2v) is 12.5. The Hall–Kier alpha value is -1.80. The van der Waals surface area contributed by atoms with Crippen molar-refractivity contribution in [3.8, 4) is 0 Å². The molecule has 2 aliphatic rings. The van der Waals surface area contributed by atoms with Crippen molar-refractivity contribution in [3.63, 3.8) is 0 Å². The highest BCUT2D eigenvalue weighted by atomic mass is 32.2. The summed E-state index contributed by atoms with van der Waals surface area (Å²) < 4.78 is 94.9. The van der Waals surface area contributed by atoms with Gasteiger partial charge in [0.15, 0.2) is 5.60 Å². The Balaban J connectivity index is 1.58. The van der Waals surface area contributed by atoms with Gasteiger partial charge in [0.05, 0.1) is 6.04 Å². The smallest absolute Gasteiger partial charge is 0.376 e. The van der Waals surface area contributed by atoms with E-state index in [-0.39, 0.29) is 55.3 Å². The summed E-state index contributed by atoms with van der Waals surface area (Å²) in [5.41, 5.74) is -2.76. The van der Waals surface area contributed by atoms with Crippen LogP contribution in [0, 0.1) is 0 Å². The molecule has 0 radical (unpaired) electrons. The van der Waals surface area contributed by atoms with Crippen LogP contribution in [-0.4, -0.2) is 80.1 Å². The molecule has 2 fully saturated rings. The molecule has 0 unspecified atom stereocenters. The standard InChI is InChI=1S/C23H28F5N3O3S2/c1-21(32,23(26,27)28)17-4-6-18(7-5-17)31-13-12-30(36(33,34)20-3-2-14-35-20)16-19(31)15-29-10-8-22(24,25)9-11-29/h2-7,14,19,32H,8-13,15-16H2,1H3/t19-,21+/m1/s1. The summed E-state index contributed by atoms with van der Waals surface area (Å²) in [6.07, 6.45) is -5.41. The minimum atomic E-state index is -4.85. The van der Waals surface area contributed by atoms with Crippen molar-refractivity contribution in [2.24, 2.45) is 0 Å². The summed E-state index contributed by atoms with van der Waals surface area (Å²) in [4.78, 5) is 3.78. The first-order valence-corrected chi connectivity index (χ1v) is 13.8. The van der Waals surface area contributed by atoms with E-state index >= 15 is 0 Å². The van der Waals surface area contributed by atoms with E-state index < -0.39 is 33.8 Å². The molecule has 1 aromatic heterocycles. The highest BCUT2D eigenvalue weighted by molar-refractivity contribution is 7.91. The molecule has 36 heavy (non-hydrogen) atoms. The zero-order valence-electron chi connectivity index (χ0n) is 19.6. The van der Waals surface area contributed by atoms with Gasteiger partial charge >= 0.3 is 6.18 Å². The van der Waals surface area contributed by atoms with Crippen molar-refractivity contribution in [2.75, 3.05) is 44.2 Å². The van der Waals surface area contributed by atoms with Crippen LogP contribution in [0.2, 0.25) is 0 Å². The lowest BCUT2D eigenvalue weighted by molar-refractivity contribution is -0.258. The molecule has 0 aliphatic carbocycles. The van der Waals surface area contributed by atoms with Crippen LogP contribution in [0.5, 0.6) is 0 Å². The Bertz CT molecular complexity index is 1130. The predicted molar refractivity (Wildman–Crippen MR) is 127 cm³/mol. The van der Waals surface area contributed by atoms with Gasteiger partial charge in [-0.3, -0.25) is 0 Å². The van der Waals surface area contributed by atoms with Crippen LogP contribution in [0.25, 0.3) is 0 Å². The van der Waals surface area contributed by atoms with E-state index in [1.165, 1.54) is 34.6 Å². The Morgan fingerprint density at radius 3 is 2.25 bits per heavy atom. The van der Waals surface area contributed by atoms with Crippen LogP contribution in [0.3, 0.4) is 0 Å². The fraction of sp³-hybridized carbons (Fsp3) is 0.565. The van der Waals surface area contributed by atoms with Crippen LogP contribution >= 0.6 is 11.3 Å². The van der Waals surface area contributed by atoms with E-state index in [1.807, 2.05) is 9.80 Å². The third-order valence-electron chi connectivity index (χ3n) is 6.90. The second kappa shape index (κ2) is 9.82. The SMILES string of the molecule is C[C@](O)(c1ccc(N2CCN(S(=O)(=O)c3cccs3)C[C@H]2CN2CCC(F)(F)CC2)cc1)C(F)(F)F. The fourth-order valence-corrected chi connectivity index (χ4v) is 7.19. The molecule has 0 bridgehead atoms. The third kappa shape index (κ3) is 5.54. The molecule has 2 aliphatic heterocycles. The third-order valence-corrected chi connectivity index (χ3v) is 10.1. The summed E-state index contributed by atoms with van der Waals surface area (Å²) in [5, 5.41) is 11.6. The Morgan fingerprint density at radius 1 is 1.06 bits per heavy atom. The average Bonchev–Trinajstić information content (AvgIpc) is 3.36. The molecular weight excluding hydrogens is 525 g/mol. The summed E-state index contributed by atoms with van der Waals surface area (Å²) in [7, 11) is -3.73. The highest BCUT2D eigenvalue weighted by Gasteiger charge is 2.51. The van der Waals surface area contributed by atoms with E-state index in [2.05, 4.69) is 0 Å². The zero-order valence-corrected chi connectivity index (χ0v) is 21.2. The zero-order chi connectivity index (χ0) is 26.4. The van der Waals surface area contributed by atoms with Gasteiger partial charge in [-0.1, -0.05) is 18.2 Å². The number of rotatable bonds is 6. The van der Waals surface area contributed by atoms with E-state index in [1.54, 1.807) is 11.4 Å². The summed E-state index contributed by atoms with van der Waals surface area (Å²) >= 11 is 1.11. The monoisotopic (exact) mass is 553 g/mol. The number of thiophene rings is 1. The first-order valence-electron chi connectivity index (χ1n) is 11.5. The van der Waals surface area contributed by atoms with E-state index in [9.17, 15) is 35.5 Å². The van der Waals surface area contributed by atoms with Gasteiger partial charge in [0.2, 0.25) is 0 Å². The number of nitrogens with zero attached hydrogens (tertiary/aromatic N) is 3. The molecule has 200 valence electrons. The van der Waals surface area contributed by atoms with Crippen molar-refractivity contribution in [2.45, 2.75) is 47.7 Å². The number of hydrogen-bond acceptors (Lipinski definition) is 6. The lowest BCUT2D eigenvalue weighted by atomic mass is 9.95. The number of alkyl halides is 5. The number of hydrogen-bond donors (Lipinski definition) is 1. The van der Waals surface area contributed by atoms with Crippen LogP contribution < -0.4 is 4.90 Å². The highest BCUT2D eigenvalue weighted by Crippen LogP contribution is 2.39. The molecule has 13 heteroatoms. The molecular formula is C23H28F5N3O3S2. The summed E-state index contributed by atoms with van der Waals surface area (Å²) in [6, 6.07) is 8.11. The maximum atomic E-state index is 13.7. The van der Waals surface area contributed by atoms with Gasteiger partial charge in [0.25, 0.3) is 15.9 Å². The van der Waals surface area contributed by atoms with Crippen molar-refractivity contribution >= 4 is 27.0 Å². The largest absolute Gasteiger partial charge is 0.421 e. The van der Waals surface area contributed by atoms with E-state index in [0.29, 0.717) is 19.2 Å². The second-order valence-electron chi connectivity index (χ2n) is 9.42. The molecule has 1 N–H and O–H groups in total. The Kier molecular flexibility index (Phi) is 7.43. The van der Waals surface area contributed by atoms with Gasteiger partial charge in [0, 0.05) is 57.8 Å². The molecule has 3 heterocycles. The van der Waals surface area contributed by atoms with Crippen molar-refractivity contribution < 1.29 is 35.5 Å². The molecule has 0 saturated carbocycles. The maximum Gasteiger partial charge on any atom is 0.421 e. The number of piperidine rings is 1.